The monoisotopic (exact) mass is 301 g/mol. The lowest BCUT2D eigenvalue weighted by Crippen LogP contribution is -2.14. The average molecular weight is 301 g/mol. The highest BCUT2D eigenvalue weighted by Gasteiger charge is 2.35. The van der Waals surface area contributed by atoms with Crippen molar-refractivity contribution in [2.45, 2.75) is 12.3 Å². The number of methoxy groups -OCH3 is 1. The van der Waals surface area contributed by atoms with Gasteiger partial charge in [0.15, 0.2) is 0 Å². The number of halogens is 4. The maximum Gasteiger partial charge on any atom is 0.416 e. The van der Waals surface area contributed by atoms with Crippen LogP contribution in [-0.2, 0) is 6.18 Å². The number of nitrogens with zero attached hydrogens (tertiary/aromatic N) is 1. The summed E-state index contributed by atoms with van der Waals surface area (Å²) in [6, 6.07) is 4.25. The molecule has 7 heteroatoms. The lowest BCUT2D eigenvalue weighted by atomic mass is 9.98. The number of aliphatic hydroxyl groups excluding tert-OH is 1. The second-order valence-corrected chi connectivity index (χ2v) is 4.25. The number of aromatic nitrogens is 1. The van der Waals surface area contributed by atoms with Crippen molar-refractivity contribution in [3.8, 4) is 5.75 Å². The average Bonchev–Trinajstić information content (AvgIpc) is 2.45. The van der Waals surface area contributed by atoms with Gasteiger partial charge in [0, 0.05) is 29.6 Å². The minimum absolute atomic E-state index is 0.200. The Balaban J connectivity index is 2.48. The van der Waals surface area contributed by atoms with Crippen LogP contribution in [0.5, 0.6) is 5.75 Å². The summed E-state index contributed by atoms with van der Waals surface area (Å²) in [6.07, 6.45) is -4.61. The SMILES string of the molecule is COc1ccc(C(O)c2cnccc2C(F)(F)F)c(F)c1. The Hall–Kier alpha value is -2.15. The summed E-state index contributed by atoms with van der Waals surface area (Å²) in [6.45, 7) is 0. The van der Waals surface area contributed by atoms with Gasteiger partial charge in [-0.05, 0) is 18.2 Å². The van der Waals surface area contributed by atoms with Crippen molar-refractivity contribution in [1.29, 1.82) is 0 Å². The van der Waals surface area contributed by atoms with Gasteiger partial charge in [0.05, 0.1) is 12.7 Å². The second-order valence-electron chi connectivity index (χ2n) is 4.25. The van der Waals surface area contributed by atoms with Gasteiger partial charge in [0.1, 0.15) is 17.7 Å². The summed E-state index contributed by atoms with van der Waals surface area (Å²) in [4.78, 5) is 3.56. The van der Waals surface area contributed by atoms with Gasteiger partial charge in [0.2, 0.25) is 0 Å². The van der Waals surface area contributed by atoms with Crippen LogP contribution in [-0.4, -0.2) is 17.2 Å². The molecule has 1 atom stereocenters. The molecule has 0 radical (unpaired) electrons. The Bertz CT molecular complexity index is 643. The van der Waals surface area contributed by atoms with E-state index in [-0.39, 0.29) is 11.3 Å². The second kappa shape index (κ2) is 5.69. The summed E-state index contributed by atoms with van der Waals surface area (Å²) >= 11 is 0. The van der Waals surface area contributed by atoms with Crippen LogP contribution in [0, 0.1) is 5.82 Å². The number of rotatable bonds is 3. The molecule has 0 amide bonds. The molecule has 1 N–H and O–H groups in total. The van der Waals surface area contributed by atoms with Crippen molar-refractivity contribution in [2.24, 2.45) is 0 Å². The first-order valence-corrected chi connectivity index (χ1v) is 5.87. The zero-order valence-corrected chi connectivity index (χ0v) is 10.9. The van der Waals surface area contributed by atoms with Crippen molar-refractivity contribution in [3.63, 3.8) is 0 Å². The molecule has 1 aromatic carbocycles. The Morgan fingerprint density at radius 3 is 2.48 bits per heavy atom. The maximum absolute atomic E-state index is 13.9. The molecule has 21 heavy (non-hydrogen) atoms. The minimum Gasteiger partial charge on any atom is -0.497 e. The van der Waals surface area contributed by atoms with Gasteiger partial charge in [0.25, 0.3) is 0 Å². The zero-order valence-electron chi connectivity index (χ0n) is 10.9. The molecule has 1 heterocycles. The molecule has 1 aromatic heterocycles. The largest absolute Gasteiger partial charge is 0.497 e. The van der Waals surface area contributed by atoms with Crippen LogP contribution < -0.4 is 4.74 Å². The van der Waals surface area contributed by atoms with E-state index in [0.29, 0.717) is 0 Å². The van der Waals surface area contributed by atoms with Gasteiger partial charge in [-0.3, -0.25) is 4.98 Å². The number of hydrogen-bond donors (Lipinski definition) is 1. The van der Waals surface area contributed by atoms with Crippen LogP contribution >= 0.6 is 0 Å². The van der Waals surface area contributed by atoms with E-state index < -0.39 is 29.2 Å². The topological polar surface area (TPSA) is 42.4 Å². The number of pyridine rings is 1. The van der Waals surface area contributed by atoms with Gasteiger partial charge in [-0.25, -0.2) is 4.39 Å². The molecular formula is C14H11F4NO2. The van der Waals surface area contributed by atoms with Gasteiger partial charge < -0.3 is 9.84 Å². The van der Waals surface area contributed by atoms with Crippen molar-refractivity contribution < 1.29 is 27.4 Å². The van der Waals surface area contributed by atoms with E-state index in [2.05, 4.69) is 4.98 Å². The minimum atomic E-state index is -4.66. The lowest BCUT2D eigenvalue weighted by molar-refractivity contribution is -0.139. The maximum atomic E-state index is 13.9. The van der Waals surface area contributed by atoms with Gasteiger partial charge in [-0.2, -0.15) is 13.2 Å². The van der Waals surface area contributed by atoms with Crippen molar-refractivity contribution in [1.82, 2.24) is 4.98 Å². The quantitative estimate of drug-likeness (QED) is 0.884. The highest BCUT2D eigenvalue weighted by Crippen LogP contribution is 2.36. The predicted octanol–water partition coefficient (Wildman–Crippen LogP) is 3.33. The number of hydrogen-bond acceptors (Lipinski definition) is 3. The molecule has 1 unspecified atom stereocenters. The summed E-state index contributed by atoms with van der Waals surface area (Å²) < 4.78 is 57.3. The van der Waals surface area contributed by atoms with Crippen LogP contribution in [0.15, 0.2) is 36.7 Å². The number of aliphatic hydroxyl groups is 1. The van der Waals surface area contributed by atoms with E-state index >= 15 is 0 Å². The van der Waals surface area contributed by atoms with Crippen LogP contribution in [0.3, 0.4) is 0 Å². The van der Waals surface area contributed by atoms with E-state index in [1.165, 1.54) is 19.2 Å². The van der Waals surface area contributed by atoms with Crippen molar-refractivity contribution in [3.05, 3.63) is 59.2 Å². The Morgan fingerprint density at radius 1 is 1.19 bits per heavy atom. The van der Waals surface area contributed by atoms with Crippen LogP contribution in [0.4, 0.5) is 17.6 Å². The molecule has 0 spiro atoms. The zero-order chi connectivity index (χ0) is 15.6. The van der Waals surface area contributed by atoms with E-state index in [1.807, 2.05) is 0 Å². The first-order chi connectivity index (χ1) is 9.84. The summed E-state index contributed by atoms with van der Waals surface area (Å²) in [5.41, 5.74) is -1.84. The van der Waals surface area contributed by atoms with Crippen molar-refractivity contribution in [2.75, 3.05) is 7.11 Å². The summed E-state index contributed by atoms with van der Waals surface area (Å²) in [7, 11) is 1.33. The molecule has 0 fully saturated rings. The molecule has 0 aliphatic carbocycles. The third-order valence-corrected chi connectivity index (χ3v) is 2.95. The third kappa shape index (κ3) is 3.13. The van der Waals surface area contributed by atoms with Crippen LogP contribution in [0.2, 0.25) is 0 Å². The highest BCUT2D eigenvalue weighted by molar-refractivity contribution is 5.38. The van der Waals surface area contributed by atoms with Crippen LogP contribution in [0.1, 0.15) is 22.8 Å². The Morgan fingerprint density at radius 2 is 1.90 bits per heavy atom. The lowest BCUT2D eigenvalue weighted by Gasteiger charge is -2.18. The molecular weight excluding hydrogens is 290 g/mol. The van der Waals surface area contributed by atoms with E-state index in [9.17, 15) is 22.7 Å². The number of benzene rings is 1. The molecule has 112 valence electrons. The van der Waals surface area contributed by atoms with Gasteiger partial charge in [-0.15, -0.1) is 0 Å². The number of alkyl halides is 3. The molecule has 2 aromatic rings. The van der Waals surface area contributed by atoms with E-state index in [4.69, 9.17) is 4.74 Å². The Labute approximate surface area is 117 Å². The first-order valence-electron chi connectivity index (χ1n) is 5.87. The fraction of sp³-hybridized carbons (Fsp3) is 0.214. The molecule has 2 rings (SSSR count). The first kappa shape index (κ1) is 15.2. The molecule has 0 aliphatic heterocycles. The number of ether oxygens (including phenoxy) is 1. The Kier molecular flexibility index (Phi) is 4.13. The summed E-state index contributed by atoms with van der Waals surface area (Å²) in [5.74, 6) is -0.662. The molecule has 0 bridgehead atoms. The normalized spacial score (nSPS) is 13.0. The highest BCUT2D eigenvalue weighted by atomic mass is 19.4. The standard InChI is InChI=1S/C14H11F4NO2/c1-21-8-2-3-9(12(15)6-8)13(20)10-7-19-5-4-11(10)14(16,17)18/h2-7,13,20H,1H3. The van der Waals surface area contributed by atoms with Crippen molar-refractivity contribution >= 4 is 0 Å². The fourth-order valence-corrected chi connectivity index (χ4v) is 1.91. The van der Waals surface area contributed by atoms with Crippen LogP contribution in [0.25, 0.3) is 0 Å². The molecule has 3 nitrogen and oxygen atoms in total. The smallest absolute Gasteiger partial charge is 0.416 e. The molecule has 0 saturated heterocycles. The predicted molar refractivity (Wildman–Crippen MR) is 66.3 cm³/mol. The van der Waals surface area contributed by atoms with E-state index in [1.54, 1.807) is 0 Å². The van der Waals surface area contributed by atoms with Gasteiger partial charge in [-0.1, -0.05) is 0 Å². The fourth-order valence-electron chi connectivity index (χ4n) is 1.91. The van der Waals surface area contributed by atoms with E-state index in [0.717, 1.165) is 24.5 Å². The van der Waals surface area contributed by atoms with Gasteiger partial charge >= 0.3 is 6.18 Å². The third-order valence-electron chi connectivity index (χ3n) is 2.95. The summed E-state index contributed by atoms with van der Waals surface area (Å²) in [5, 5.41) is 10.1. The molecule has 0 saturated carbocycles. The molecule has 0 aliphatic rings.